The Labute approximate surface area is 509 Å². The maximum Gasteiger partial charge on any atom is 2.00 e. The van der Waals surface area contributed by atoms with Crippen molar-refractivity contribution in [1.29, 1.82) is 0 Å². The number of carbonyl (C=O) groups is 1. The minimum Gasteiger partial charge on any atom is -0.365 e. The van der Waals surface area contributed by atoms with E-state index in [0.717, 1.165) is 73.7 Å². The number of hydrogen-bond acceptors (Lipinski definition) is 7. The standard InChI is InChI=1S/C38H34N3S2.2C12H27P.C7H3OS.Pt/c1-5-7-8-9-10-29-25-36(42-35(29)6-2)34-24-23-33(37-38(34)40-43-39-37)28-15-21-32(22-16-28)41(30-17-11-26(3)12-18-30)31-19-13-27(4)14-20-31;2*1-4-7-10-13(11-8-5-2)12-9-6-3;1-2-6-3-4-7(5-8)9-6;/h11-25H,5,7-10H2,1,3-4H3;2*4-12H2,1-3H3;3-5H;/q-1;;;-1;+2. The van der Waals surface area contributed by atoms with Gasteiger partial charge in [-0.1, -0.05) is 194 Å². The van der Waals surface area contributed by atoms with Crippen molar-refractivity contribution in [2.24, 2.45) is 0 Å². The van der Waals surface area contributed by atoms with Gasteiger partial charge in [-0.2, -0.15) is 8.75 Å². The maximum absolute atomic E-state index is 10.1. The van der Waals surface area contributed by atoms with Gasteiger partial charge in [-0.15, -0.1) is 27.5 Å². The minimum absolute atomic E-state index is 0. The van der Waals surface area contributed by atoms with Crippen molar-refractivity contribution in [2.45, 2.75) is 171 Å². The molecular formula is C69H91N3OP2PtS3. The molecule has 0 amide bonds. The summed E-state index contributed by atoms with van der Waals surface area (Å²) >= 11 is 4.15. The van der Waals surface area contributed by atoms with Crippen LogP contribution in [-0.4, -0.2) is 52.0 Å². The third kappa shape index (κ3) is 24.3. The molecule has 0 saturated carbocycles. The summed E-state index contributed by atoms with van der Waals surface area (Å²) in [6.07, 6.45) is 47.6. The molecule has 0 aliphatic carbocycles. The molecule has 3 heterocycles. The van der Waals surface area contributed by atoms with E-state index in [9.17, 15) is 4.79 Å². The fraction of sp³-hybridized carbons (Fsp3) is 0.464. The van der Waals surface area contributed by atoms with Gasteiger partial charge in [0.1, 0.15) is 11.0 Å². The van der Waals surface area contributed by atoms with Gasteiger partial charge in [-0.3, -0.25) is 16.6 Å². The molecule has 3 aromatic heterocycles. The van der Waals surface area contributed by atoms with Crippen LogP contribution in [0.4, 0.5) is 17.1 Å². The van der Waals surface area contributed by atoms with E-state index < -0.39 is 0 Å². The molecule has 0 spiro atoms. The molecule has 7 aromatic rings. The molecule has 0 saturated heterocycles. The molecule has 79 heavy (non-hydrogen) atoms. The van der Waals surface area contributed by atoms with Crippen molar-refractivity contribution in [1.82, 2.24) is 8.75 Å². The smallest absolute Gasteiger partial charge is 0.365 e. The van der Waals surface area contributed by atoms with Gasteiger partial charge in [0.05, 0.1) is 11.7 Å². The third-order valence-corrected chi connectivity index (χ3v) is 22.0. The predicted molar refractivity (Wildman–Crippen MR) is 353 cm³/mol. The number of nitrogens with zero attached hydrogens (tertiary/aromatic N) is 3. The molecule has 0 bridgehead atoms. The Kier molecular flexibility index (Phi) is 36.3. The molecule has 0 atom stereocenters. The molecular weight excluding hydrogens is 1240 g/mol. The first-order chi connectivity index (χ1) is 38.1. The number of carbonyl (C=O) groups excluding carboxylic acids is 1. The topological polar surface area (TPSA) is 46.1 Å². The van der Waals surface area contributed by atoms with Gasteiger partial charge in [0, 0.05) is 37.9 Å². The average Bonchev–Trinajstić information content (AvgIpc) is 4.44. The summed E-state index contributed by atoms with van der Waals surface area (Å²) in [4.78, 5) is 15.7. The van der Waals surface area contributed by atoms with Crippen LogP contribution in [0.1, 0.15) is 187 Å². The normalized spacial score (nSPS) is 10.6. The van der Waals surface area contributed by atoms with Crippen LogP contribution < -0.4 is 4.90 Å². The van der Waals surface area contributed by atoms with Gasteiger partial charge in [-0.25, -0.2) is 22.7 Å². The Bertz CT molecular complexity index is 2700. The third-order valence-electron chi connectivity index (χ3n) is 13.8. The van der Waals surface area contributed by atoms with Crippen LogP contribution in [0.3, 0.4) is 0 Å². The van der Waals surface area contributed by atoms with Crippen molar-refractivity contribution in [3.63, 3.8) is 0 Å². The van der Waals surface area contributed by atoms with Gasteiger partial charge in [0.2, 0.25) is 0 Å². The number of benzene rings is 4. The Morgan fingerprint density at radius 3 is 1.33 bits per heavy atom. The van der Waals surface area contributed by atoms with Gasteiger partial charge in [0.15, 0.2) is 6.29 Å². The Morgan fingerprint density at radius 2 is 0.937 bits per heavy atom. The summed E-state index contributed by atoms with van der Waals surface area (Å²) in [6.45, 7) is 20.3. The molecule has 4 aromatic carbocycles. The second kappa shape index (κ2) is 41.3. The van der Waals surface area contributed by atoms with E-state index in [-0.39, 0.29) is 21.1 Å². The van der Waals surface area contributed by atoms with Crippen LogP contribution in [0.2, 0.25) is 0 Å². The summed E-state index contributed by atoms with van der Waals surface area (Å²) in [5.74, 6) is 4.87. The van der Waals surface area contributed by atoms with Gasteiger partial charge in [-0.05, 0) is 138 Å². The van der Waals surface area contributed by atoms with Crippen LogP contribution >= 0.6 is 50.2 Å². The van der Waals surface area contributed by atoms with Crippen molar-refractivity contribution >= 4 is 84.6 Å². The van der Waals surface area contributed by atoms with E-state index in [4.69, 9.17) is 21.6 Å². The zero-order chi connectivity index (χ0) is 56.3. The Morgan fingerprint density at radius 1 is 0.506 bits per heavy atom. The average molecular weight is 1330 g/mol. The molecule has 0 fully saturated rings. The van der Waals surface area contributed by atoms with Gasteiger partial charge >= 0.3 is 21.1 Å². The molecule has 0 N–H and O–H groups in total. The minimum atomic E-state index is 0. The molecule has 0 aliphatic rings. The predicted octanol–water partition coefficient (Wildman–Crippen LogP) is 22.5. The van der Waals surface area contributed by atoms with E-state index in [0.29, 0.717) is 25.6 Å². The maximum atomic E-state index is 10.1. The molecule has 4 nitrogen and oxygen atoms in total. The molecule has 0 radical (unpaired) electrons. The second-order valence-electron chi connectivity index (χ2n) is 20.3. The van der Waals surface area contributed by atoms with E-state index in [1.54, 1.807) is 60.4 Å². The number of aromatic nitrogens is 2. The molecule has 10 heteroatoms. The number of aryl methyl sites for hydroxylation is 3. The van der Waals surface area contributed by atoms with E-state index in [2.05, 4.69) is 170 Å². The SMILES string of the molecule is CCCCP(CCCC)CCCC.CCCCP(CCCC)CCCC.[C-]#Cc1ccc(C=O)s1.[C-]#Cc1sc(-c2ccc(-c3ccc(N(c4ccc(C)cc4)c4ccc(C)cc4)cc3)c3nsnc23)cc1CCCCCC.[Pt+2]. The summed E-state index contributed by atoms with van der Waals surface area (Å²) in [6, 6.07) is 36.0. The second-order valence-corrected chi connectivity index (χ2v) is 28.4. The van der Waals surface area contributed by atoms with Crippen LogP contribution in [0, 0.1) is 38.5 Å². The number of rotatable bonds is 29. The number of thiophene rings is 2. The van der Waals surface area contributed by atoms with Crippen molar-refractivity contribution in [3.8, 4) is 33.4 Å². The van der Waals surface area contributed by atoms with Crippen molar-refractivity contribution in [2.75, 3.05) is 41.9 Å². The molecule has 426 valence electrons. The Balaban J connectivity index is 0.000000370. The van der Waals surface area contributed by atoms with Crippen LogP contribution in [0.25, 0.3) is 32.6 Å². The van der Waals surface area contributed by atoms with E-state index >= 15 is 0 Å². The summed E-state index contributed by atoms with van der Waals surface area (Å²) in [5, 5.41) is 0. The first-order valence-electron chi connectivity index (χ1n) is 29.4. The van der Waals surface area contributed by atoms with Crippen LogP contribution in [-0.2, 0) is 27.5 Å². The number of hydrogen-bond donors (Lipinski definition) is 0. The molecule has 7 rings (SSSR count). The fourth-order valence-electron chi connectivity index (χ4n) is 8.96. The summed E-state index contributed by atoms with van der Waals surface area (Å²) in [5.41, 5.74) is 12.1. The van der Waals surface area contributed by atoms with Crippen LogP contribution in [0.5, 0.6) is 0 Å². The van der Waals surface area contributed by atoms with Gasteiger partial charge in [0.25, 0.3) is 0 Å². The fourth-order valence-corrected chi connectivity index (χ4v) is 17.1. The summed E-state index contributed by atoms with van der Waals surface area (Å²) in [7, 11) is 0.843. The number of fused-ring (bicyclic) bond motifs is 1. The van der Waals surface area contributed by atoms with Crippen LogP contribution in [0.15, 0.2) is 103 Å². The van der Waals surface area contributed by atoms with Crippen molar-refractivity contribution < 1.29 is 25.9 Å². The molecule has 0 aliphatic heterocycles. The quantitative estimate of drug-likeness (QED) is 0.0154. The summed E-state index contributed by atoms with van der Waals surface area (Å²) < 4.78 is 9.48. The van der Waals surface area contributed by atoms with E-state index in [1.807, 2.05) is 0 Å². The Hall–Kier alpha value is -3.76. The monoisotopic (exact) mass is 1330 g/mol. The first-order valence-corrected chi connectivity index (χ1v) is 35.5. The van der Waals surface area contributed by atoms with E-state index in [1.165, 1.54) is 136 Å². The zero-order valence-electron chi connectivity index (χ0n) is 49.3. The number of anilines is 3. The largest absolute Gasteiger partial charge is 2.00 e. The number of aldehydes is 1. The molecule has 0 unspecified atom stereocenters. The number of unbranched alkanes of at least 4 members (excludes halogenated alkanes) is 9. The van der Waals surface area contributed by atoms with Crippen molar-refractivity contribution in [3.05, 3.63) is 147 Å². The van der Waals surface area contributed by atoms with Gasteiger partial charge < -0.3 is 17.7 Å². The zero-order valence-corrected chi connectivity index (χ0v) is 55.9. The first kappa shape index (κ1) is 69.5.